The van der Waals surface area contributed by atoms with Crippen molar-refractivity contribution in [2.45, 2.75) is 6.61 Å². The van der Waals surface area contributed by atoms with Crippen molar-refractivity contribution in [2.24, 2.45) is 0 Å². The van der Waals surface area contributed by atoms with Crippen molar-refractivity contribution in [1.29, 1.82) is 0 Å². The standard InChI is InChI=1S/C22H18N2O2/c1-2-14-6-5-7-15(12-14)13-26-19-11-10-17(23)20-21(19)24-18-9-4-3-8-16(18)22(20)25/h2-12H,1,13,23H2,(H,24,25). The molecule has 3 N–H and O–H groups in total. The lowest BCUT2D eigenvalue weighted by Crippen LogP contribution is -2.08. The van der Waals surface area contributed by atoms with Crippen molar-refractivity contribution in [1.82, 2.24) is 4.98 Å². The number of pyridine rings is 1. The summed E-state index contributed by atoms with van der Waals surface area (Å²) in [5, 5.41) is 1.07. The van der Waals surface area contributed by atoms with Gasteiger partial charge in [0.2, 0.25) is 0 Å². The van der Waals surface area contributed by atoms with Crippen LogP contribution in [0.15, 0.2) is 72.0 Å². The number of aromatic nitrogens is 1. The van der Waals surface area contributed by atoms with E-state index in [-0.39, 0.29) is 5.43 Å². The summed E-state index contributed by atoms with van der Waals surface area (Å²) >= 11 is 0. The fourth-order valence-corrected chi connectivity index (χ4v) is 3.12. The molecule has 0 radical (unpaired) electrons. The second-order valence-corrected chi connectivity index (χ2v) is 6.14. The van der Waals surface area contributed by atoms with Crippen LogP contribution in [0.3, 0.4) is 0 Å². The Bertz CT molecular complexity index is 1190. The van der Waals surface area contributed by atoms with Gasteiger partial charge in [0.05, 0.1) is 10.9 Å². The van der Waals surface area contributed by atoms with Gasteiger partial charge in [-0.15, -0.1) is 0 Å². The number of para-hydroxylation sites is 1. The number of hydrogen-bond acceptors (Lipinski definition) is 3. The summed E-state index contributed by atoms with van der Waals surface area (Å²) in [7, 11) is 0. The van der Waals surface area contributed by atoms with Gasteiger partial charge in [-0.2, -0.15) is 0 Å². The lowest BCUT2D eigenvalue weighted by molar-refractivity contribution is 0.309. The molecule has 4 heteroatoms. The Labute approximate surface area is 150 Å². The zero-order chi connectivity index (χ0) is 18.1. The Kier molecular flexibility index (Phi) is 3.93. The molecule has 0 atom stereocenters. The van der Waals surface area contributed by atoms with Gasteiger partial charge in [-0.25, -0.2) is 0 Å². The van der Waals surface area contributed by atoms with Gasteiger partial charge in [0.1, 0.15) is 12.4 Å². The predicted octanol–water partition coefficient (Wildman–Crippen LogP) is 4.49. The smallest absolute Gasteiger partial charge is 0.199 e. The largest absolute Gasteiger partial charge is 0.487 e. The Hall–Kier alpha value is -3.53. The normalized spacial score (nSPS) is 10.9. The zero-order valence-electron chi connectivity index (χ0n) is 14.2. The van der Waals surface area contributed by atoms with Crippen molar-refractivity contribution in [3.05, 3.63) is 88.6 Å². The third-order valence-electron chi connectivity index (χ3n) is 4.44. The first-order chi connectivity index (χ1) is 12.7. The van der Waals surface area contributed by atoms with E-state index in [2.05, 4.69) is 11.6 Å². The number of H-pyrrole nitrogens is 1. The van der Waals surface area contributed by atoms with E-state index >= 15 is 0 Å². The maximum absolute atomic E-state index is 12.9. The quantitative estimate of drug-likeness (QED) is 0.424. The first kappa shape index (κ1) is 16.0. The van der Waals surface area contributed by atoms with Crippen LogP contribution in [0.4, 0.5) is 5.69 Å². The maximum atomic E-state index is 12.9. The number of nitrogen functional groups attached to an aromatic ring is 1. The highest BCUT2D eigenvalue weighted by atomic mass is 16.5. The van der Waals surface area contributed by atoms with E-state index in [1.54, 1.807) is 24.3 Å². The van der Waals surface area contributed by atoms with Crippen LogP contribution in [0.1, 0.15) is 11.1 Å². The van der Waals surface area contributed by atoms with Crippen molar-refractivity contribution in [3.8, 4) is 5.75 Å². The van der Waals surface area contributed by atoms with Crippen molar-refractivity contribution in [2.75, 3.05) is 5.73 Å². The van der Waals surface area contributed by atoms with Gasteiger partial charge >= 0.3 is 0 Å². The van der Waals surface area contributed by atoms with Crippen LogP contribution < -0.4 is 15.9 Å². The fourth-order valence-electron chi connectivity index (χ4n) is 3.12. The molecule has 0 saturated heterocycles. The zero-order valence-corrected chi connectivity index (χ0v) is 14.2. The molecule has 0 fully saturated rings. The minimum Gasteiger partial charge on any atom is -0.487 e. The topological polar surface area (TPSA) is 68.1 Å². The highest BCUT2D eigenvalue weighted by molar-refractivity contribution is 6.01. The average molecular weight is 342 g/mol. The Morgan fingerprint density at radius 3 is 2.77 bits per heavy atom. The number of rotatable bonds is 4. The van der Waals surface area contributed by atoms with E-state index in [4.69, 9.17) is 10.5 Å². The molecule has 4 aromatic rings. The van der Waals surface area contributed by atoms with Crippen molar-refractivity contribution < 1.29 is 4.74 Å². The minimum absolute atomic E-state index is 0.0917. The first-order valence-electron chi connectivity index (χ1n) is 8.35. The molecule has 1 heterocycles. The summed E-state index contributed by atoms with van der Waals surface area (Å²) in [6.07, 6.45) is 1.80. The van der Waals surface area contributed by atoms with Crippen LogP contribution in [0.5, 0.6) is 5.75 Å². The van der Waals surface area contributed by atoms with Gasteiger partial charge in [-0.05, 0) is 41.5 Å². The Morgan fingerprint density at radius 2 is 1.92 bits per heavy atom. The minimum atomic E-state index is -0.0917. The number of benzene rings is 3. The molecule has 1 aromatic heterocycles. The predicted molar refractivity (Wildman–Crippen MR) is 107 cm³/mol. The number of nitrogens with one attached hydrogen (secondary N) is 1. The van der Waals surface area contributed by atoms with Crippen LogP contribution in [0.2, 0.25) is 0 Å². The van der Waals surface area contributed by atoms with E-state index in [1.807, 2.05) is 42.5 Å². The third kappa shape index (κ3) is 2.71. The van der Waals surface area contributed by atoms with Crippen LogP contribution in [0.25, 0.3) is 27.9 Å². The van der Waals surface area contributed by atoms with Gasteiger partial charge in [-0.1, -0.05) is 43.0 Å². The molecule has 0 aliphatic rings. The molecular formula is C22H18N2O2. The number of ether oxygens (including phenoxy) is 1. The van der Waals surface area contributed by atoms with E-state index in [9.17, 15) is 4.79 Å². The monoisotopic (exact) mass is 342 g/mol. The molecule has 128 valence electrons. The molecule has 26 heavy (non-hydrogen) atoms. The summed E-state index contributed by atoms with van der Waals surface area (Å²) in [6, 6.07) is 18.9. The molecule has 0 spiro atoms. The van der Waals surface area contributed by atoms with E-state index in [1.165, 1.54) is 0 Å². The first-order valence-corrected chi connectivity index (χ1v) is 8.35. The highest BCUT2D eigenvalue weighted by Crippen LogP contribution is 2.29. The summed E-state index contributed by atoms with van der Waals surface area (Å²) in [6.45, 7) is 4.17. The molecule has 3 aromatic carbocycles. The number of hydrogen-bond donors (Lipinski definition) is 2. The molecule has 0 aliphatic carbocycles. The molecule has 0 bridgehead atoms. The lowest BCUT2D eigenvalue weighted by Gasteiger charge is -2.12. The Morgan fingerprint density at radius 1 is 1.08 bits per heavy atom. The van der Waals surface area contributed by atoms with Gasteiger partial charge < -0.3 is 15.5 Å². The van der Waals surface area contributed by atoms with Crippen LogP contribution in [-0.2, 0) is 6.61 Å². The van der Waals surface area contributed by atoms with E-state index < -0.39 is 0 Å². The lowest BCUT2D eigenvalue weighted by atomic mass is 10.1. The maximum Gasteiger partial charge on any atom is 0.199 e. The second kappa shape index (κ2) is 6.41. The Balaban J connectivity index is 1.81. The number of aromatic amines is 1. The van der Waals surface area contributed by atoms with Crippen molar-refractivity contribution >= 4 is 33.6 Å². The highest BCUT2D eigenvalue weighted by Gasteiger charge is 2.12. The summed E-state index contributed by atoms with van der Waals surface area (Å²) < 4.78 is 6.00. The van der Waals surface area contributed by atoms with Gasteiger partial charge in [0.25, 0.3) is 0 Å². The van der Waals surface area contributed by atoms with Gasteiger partial charge in [-0.3, -0.25) is 4.79 Å². The van der Waals surface area contributed by atoms with Crippen molar-refractivity contribution in [3.63, 3.8) is 0 Å². The van der Waals surface area contributed by atoms with Crippen LogP contribution in [0, 0.1) is 0 Å². The molecule has 0 aliphatic heterocycles. The molecule has 4 nitrogen and oxygen atoms in total. The molecular weight excluding hydrogens is 324 g/mol. The third-order valence-corrected chi connectivity index (χ3v) is 4.44. The number of anilines is 1. The number of nitrogens with two attached hydrogens (primary N) is 1. The van der Waals surface area contributed by atoms with Crippen LogP contribution in [-0.4, -0.2) is 4.98 Å². The van der Waals surface area contributed by atoms with Gasteiger partial charge in [0, 0.05) is 16.6 Å². The number of fused-ring (bicyclic) bond motifs is 2. The van der Waals surface area contributed by atoms with Gasteiger partial charge in [0.15, 0.2) is 5.43 Å². The SMILES string of the molecule is C=Cc1cccc(COc2ccc(N)c3c(=O)c4ccccc4[nH]c23)c1. The summed E-state index contributed by atoms with van der Waals surface area (Å²) in [5.41, 5.74) is 9.86. The summed E-state index contributed by atoms with van der Waals surface area (Å²) in [5.74, 6) is 0.598. The molecule has 0 unspecified atom stereocenters. The van der Waals surface area contributed by atoms with E-state index in [0.29, 0.717) is 34.3 Å². The molecule has 0 amide bonds. The molecule has 4 rings (SSSR count). The van der Waals surface area contributed by atoms with E-state index in [0.717, 1.165) is 16.6 Å². The summed E-state index contributed by atoms with van der Waals surface area (Å²) in [4.78, 5) is 16.1. The second-order valence-electron chi connectivity index (χ2n) is 6.14. The fraction of sp³-hybridized carbons (Fsp3) is 0.0455. The van der Waals surface area contributed by atoms with Crippen LogP contribution >= 0.6 is 0 Å². The molecule has 0 saturated carbocycles. The average Bonchev–Trinajstić information content (AvgIpc) is 2.67.